The van der Waals surface area contributed by atoms with Crippen molar-refractivity contribution in [2.24, 2.45) is 5.84 Å². The summed E-state index contributed by atoms with van der Waals surface area (Å²) in [4.78, 5) is 0. The molecule has 1 atom stereocenters. The van der Waals surface area contributed by atoms with E-state index in [2.05, 4.69) is 85.4 Å². The smallest absolute Gasteiger partial charge is 0.0710 e. The maximum Gasteiger partial charge on any atom is 0.0710 e. The van der Waals surface area contributed by atoms with E-state index in [9.17, 15) is 0 Å². The van der Waals surface area contributed by atoms with Gasteiger partial charge in [-0.25, -0.2) is 5.43 Å². The molecule has 3 heteroatoms. The summed E-state index contributed by atoms with van der Waals surface area (Å²) in [6.07, 6.45) is 0. The summed E-state index contributed by atoms with van der Waals surface area (Å²) in [5.74, 6) is 6.35. The normalized spacial score (nSPS) is 12.7. The molecule has 0 bridgehead atoms. The molecule has 0 heterocycles. The number of nitrogens with one attached hydrogen (secondary N) is 1. The molecular weight excluding hydrogens is 324 g/mol. The Kier molecular flexibility index (Phi) is 5.20. The minimum absolute atomic E-state index is 0.0108. The highest BCUT2D eigenvalue weighted by Gasteiger charge is 2.14. The maximum absolute atomic E-state index is 5.81. The van der Waals surface area contributed by atoms with E-state index in [4.69, 9.17) is 5.84 Å². The number of halogens is 1. The van der Waals surface area contributed by atoms with Gasteiger partial charge in [0.25, 0.3) is 0 Å². The molecule has 2 nitrogen and oxygen atoms in total. The molecule has 0 aliphatic heterocycles. The highest BCUT2D eigenvalue weighted by Crippen LogP contribution is 2.29. The van der Waals surface area contributed by atoms with Crippen LogP contribution >= 0.6 is 15.9 Å². The third-order valence-electron chi connectivity index (χ3n) is 3.90. The summed E-state index contributed by atoms with van der Waals surface area (Å²) >= 11 is 3.61. The first-order valence-electron chi connectivity index (χ1n) is 7.26. The minimum Gasteiger partial charge on any atom is -0.271 e. The monoisotopic (exact) mass is 346 g/mol. The van der Waals surface area contributed by atoms with Gasteiger partial charge in [0.2, 0.25) is 0 Å². The van der Waals surface area contributed by atoms with Crippen LogP contribution in [0.1, 0.15) is 53.6 Å². The van der Waals surface area contributed by atoms with Crippen LogP contribution in [0.5, 0.6) is 0 Å². The van der Waals surface area contributed by atoms with Gasteiger partial charge in [0.1, 0.15) is 0 Å². The number of hydrogen-bond donors (Lipinski definition) is 2. The second-order valence-corrected chi connectivity index (χ2v) is 6.68. The Hall–Kier alpha value is -1.16. The Labute approximate surface area is 135 Å². The van der Waals surface area contributed by atoms with E-state index in [1.807, 2.05) is 0 Å². The van der Waals surface area contributed by atoms with E-state index >= 15 is 0 Å². The molecule has 2 aromatic carbocycles. The fraction of sp³-hybridized carbons (Fsp3) is 0.333. The van der Waals surface area contributed by atoms with Gasteiger partial charge in [-0.3, -0.25) is 5.84 Å². The largest absolute Gasteiger partial charge is 0.271 e. The second kappa shape index (κ2) is 6.73. The van der Waals surface area contributed by atoms with Crippen molar-refractivity contribution in [3.05, 3.63) is 68.7 Å². The maximum atomic E-state index is 5.81. The van der Waals surface area contributed by atoms with Gasteiger partial charge >= 0.3 is 0 Å². The molecule has 2 rings (SSSR count). The standard InChI is InChI=1S/C18H23BrN2/c1-11(2)14-5-7-15(8-6-14)18(21-20)16-9-12(3)17(19)13(4)10-16/h5-11,18,21H,20H2,1-4H3. The van der Waals surface area contributed by atoms with E-state index in [-0.39, 0.29) is 6.04 Å². The van der Waals surface area contributed by atoms with Crippen molar-refractivity contribution in [2.45, 2.75) is 39.7 Å². The van der Waals surface area contributed by atoms with Crippen LogP contribution in [0.3, 0.4) is 0 Å². The minimum atomic E-state index is 0.0108. The molecule has 0 amide bonds. The van der Waals surface area contributed by atoms with Crippen LogP contribution in [0, 0.1) is 13.8 Å². The van der Waals surface area contributed by atoms with Crippen LogP contribution in [0.2, 0.25) is 0 Å². The SMILES string of the molecule is Cc1cc(C(NN)c2ccc(C(C)C)cc2)cc(C)c1Br. The molecule has 0 aliphatic rings. The van der Waals surface area contributed by atoms with Crippen molar-refractivity contribution in [2.75, 3.05) is 0 Å². The number of hydrogen-bond acceptors (Lipinski definition) is 2. The fourth-order valence-electron chi connectivity index (χ4n) is 2.60. The summed E-state index contributed by atoms with van der Waals surface area (Å²) in [7, 11) is 0. The van der Waals surface area contributed by atoms with Gasteiger partial charge in [-0.1, -0.05) is 66.2 Å². The third kappa shape index (κ3) is 3.54. The lowest BCUT2D eigenvalue weighted by atomic mass is 9.94. The fourth-order valence-corrected chi connectivity index (χ4v) is 2.83. The van der Waals surface area contributed by atoms with Crippen LogP contribution in [-0.2, 0) is 0 Å². The lowest BCUT2D eigenvalue weighted by Gasteiger charge is -2.19. The van der Waals surface area contributed by atoms with E-state index in [0.717, 1.165) is 4.47 Å². The van der Waals surface area contributed by atoms with E-state index in [1.165, 1.54) is 27.8 Å². The average molecular weight is 347 g/mol. The predicted octanol–water partition coefficient (Wildman–Crippen LogP) is 4.74. The van der Waals surface area contributed by atoms with Gasteiger partial charge in [-0.15, -0.1) is 0 Å². The molecule has 112 valence electrons. The quantitative estimate of drug-likeness (QED) is 0.619. The van der Waals surface area contributed by atoms with Gasteiger partial charge in [-0.05, 0) is 47.6 Å². The van der Waals surface area contributed by atoms with Crippen molar-refractivity contribution in [3.63, 3.8) is 0 Å². The van der Waals surface area contributed by atoms with Gasteiger partial charge in [0.15, 0.2) is 0 Å². The van der Waals surface area contributed by atoms with Crippen molar-refractivity contribution >= 4 is 15.9 Å². The first kappa shape index (κ1) is 16.2. The molecule has 2 aromatic rings. The molecule has 3 N–H and O–H groups in total. The molecule has 0 radical (unpaired) electrons. The summed E-state index contributed by atoms with van der Waals surface area (Å²) in [5, 5.41) is 0. The Bertz CT molecular complexity index is 595. The topological polar surface area (TPSA) is 38.0 Å². The van der Waals surface area contributed by atoms with Gasteiger partial charge in [0, 0.05) is 4.47 Å². The molecule has 0 aliphatic carbocycles. The van der Waals surface area contributed by atoms with Gasteiger partial charge in [-0.2, -0.15) is 0 Å². The summed E-state index contributed by atoms with van der Waals surface area (Å²) in [6.45, 7) is 8.62. The number of hydrazine groups is 1. The molecule has 21 heavy (non-hydrogen) atoms. The van der Waals surface area contributed by atoms with Crippen LogP contribution < -0.4 is 11.3 Å². The summed E-state index contributed by atoms with van der Waals surface area (Å²) < 4.78 is 1.16. The zero-order chi connectivity index (χ0) is 15.6. The highest BCUT2D eigenvalue weighted by molar-refractivity contribution is 9.10. The molecule has 0 fully saturated rings. The number of nitrogens with two attached hydrogens (primary N) is 1. The van der Waals surface area contributed by atoms with Gasteiger partial charge < -0.3 is 0 Å². The van der Waals surface area contributed by atoms with Crippen molar-refractivity contribution in [3.8, 4) is 0 Å². The summed E-state index contributed by atoms with van der Waals surface area (Å²) in [6, 6.07) is 13.1. The van der Waals surface area contributed by atoms with Crippen molar-refractivity contribution < 1.29 is 0 Å². The molecule has 0 spiro atoms. The first-order valence-corrected chi connectivity index (χ1v) is 8.06. The Morgan fingerprint density at radius 3 is 1.81 bits per heavy atom. The van der Waals surface area contributed by atoms with Crippen LogP contribution in [0.25, 0.3) is 0 Å². The number of aryl methyl sites for hydroxylation is 2. The van der Waals surface area contributed by atoms with E-state index < -0.39 is 0 Å². The number of rotatable bonds is 4. The third-order valence-corrected chi connectivity index (χ3v) is 5.15. The van der Waals surface area contributed by atoms with E-state index in [1.54, 1.807) is 0 Å². The average Bonchev–Trinajstić information content (AvgIpc) is 2.46. The van der Waals surface area contributed by atoms with Gasteiger partial charge in [0.05, 0.1) is 6.04 Å². The predicted molar refractivity (Wildman–Crippen MR) is 93.3 cm³/mol. The lowest BCUT2D eigenvalue weighted by molar-refractivity contribution is 0.635. The highest BCUT2D eigenvalue weighted by atomic mass is 79.9. The zero-order valence-corrected chi connectivity index (χ0v) is 14.7. The van der Waals surface area contributed by atoms with E-state index in [0.29, 0.717) is 5.92 Å². The molecule has 0 aromatic heterocycles. The second-order valence-electron chi connectivity index (χ2n) is 5.89. The molecular formula is C18H23BrN2. The Morgan fingerprint density at radius 2 is 1.38 bits per heavy atom. The number of benzene rings is 2. The Balaban J connectivity index is 2.39. The van der Waals surface area contributed by atoms with Crippen molar-refractivity contribution in [1.29, 1.82) is 0 Å². The Morgan fingerprint density at radius 1 is 0.905 bits per heavy atom. The lowest BCUT2D eigenvalue weighted by Crippen LogP contribution is -2.29. The molecule has 0 saturated heterocycles. The zero-order valence-electron chi connectivity index (χ0n) is 13.1. The van der Waals surface area contributed by atoms with Crippen LogP contribution in [0.4, 0.5) is 0 Å². The molecule has 0 saturated carbocycles. The summed E-state index contributed by atoms with van der Waals surface area (Å²) in [5.41, 5.74) is 9.11. The van der Waals surface area contributed by atoms with Crippen molar-refractivity contribution in [1.82, 2.24) is 5.43 Å². The molecule has 1 unspecified atom stereocenters. The van der Waals surface area contributed by atoms with Crippen LogP contribution in [-0.4, -0.2) is 0 Å². The first-order chi connectivity index (χ1) is 9.93. The van der Waals surface area contributed by atoms with Crippen LogP contribution in [0.15, 0.2) is 40.9 Å².